The minimum absolute atomic E-state index is 0.195. The molecule has 0 N–H and O–H groups in total. The Morgan fingerprint density at radius 3 is 2.48 bits per heavy atom. The number of amides is 1. The molecule has 1 aliphatic rings. The van der Waals surface area contributed by atoms with Crippen LogP contribution >= 0.6 is 11.8 Å². The summed E-state index contributed by atoms with van der Waals surface area (Å²) in [4.78, 5) is 18.3. The minimum Gasteiger partial charge on any atom is -0.342 e. The lowest BCUT2D eigenvalue weighted by molar-refractivity contribution is -0.129. The van der Waals surface area contributed by atoms with Crippen molar-refractivity contribution in [2.24, 2.45) is 0 Å². The molecule has 6 nitrogen and oxygen atoms in total. The number of likely N-dealkylation sites (tertiary alicyclic amines) is 1. The van der Waals surface area contributed by atoms with Gasteiger partial charge in [-0.15, -0.1) is 10.2 Å². The number of nitrogens with zero attached hydrogens (tertiary/aromatic N) is 5. The Kier molecular flexibility index (Phi) is 5.48. The van der Waals surface area contributed by atoms with E-state index in [2.05, 4.69) is 15.2 Å². The lowest BCUT2D eigenvalue weighted by Gasteiger charge is -2.26. The average Bonchev–Trinajstić information content (AvgIpc) is 3.28. The number of carbonyl (C=O) groups is 1. The lowest BCUT2D eigenvalue weighted by atomic mass is 10.1. The quantitative estimate of drug-likeness (QED) is 0.636. The number of imidazole rings is 1. The molecule has 1 aromatic carbocycles. The predicted molar refractivity (Wildman–Crippen MR) is 106 cm³/mol. The first-order chi connectivity index (χ1) is 13.3. The summed E-state index contributed by atoms with van der Waals surface area (Å²) in [5.74, 6) is 0.619. The van der Waals surface area contributed by atoms with Crippen molar-refractivity contribution in [3.63, 3.8) is 0 Å². The SMILES string of the molecule is O=C(CSc1ccc(-c2ccc(-n3ccnc3)cc2)nn1)N1CCCCC1. The Labute approximate surface area is 162 Å². The highest BCUT2D eigenvalue weighted by Crippen LogP contribution is 2.22. The molecule has 0 saturated carbocycles. The van der Waals surface area contributed by atoms with E-state index in [9.17, 15) is 4.79 Å². The topological polar surface area (TPSA) is 63.9 Å². The first-order valence-corrected chi connectivity index (χ1v) is 10.1. The molecule has 27 heavy (non-hydrogen) atoms. The Hall–Kier alpha value is -2.67. The number of hydrogen-bond acceptors (Lipinski definition) is 5. The van der Waals surface area contributed by atoms with Gasteiger partial charge in [-0.2, -0.15) is 0 Å². The smallest absolute Gasteiger partial charge is 0.232 e. The van der Waals surface area contributed by atoms with Crippen molar-refractivity contribution in [3.05, 3.63) is 55.1 Å². The van der Waals surface area contributed by atoms with Gasteiger partial charge >= 0.3 is 0 Å². The van der Waals surface area contributed by atoms with Gasteiger partial charge in [-0.05, 0) is 43.5 Å². The normalized spacial score (nSPS) is 14.3. The molecule has 0 spiro atoms. The standard InChI is InChI=1S/C20H21N5OS/c26-20(24-11-2-1-3-12-24)14-27-19-9-8-18(22-23-19)16-4-6-17(7-5-16)25-13-10-21-15-25/h4-10,13,15H,1-3,11-12,14H2. The molecule has 138 valence electrons. The van der Waals surface area contributed by atoms with Gasteiger partial charge in [0, 0.05) is 36.7 Å². The zero-order valence-corrected chi connectivity index (χ0v) is 15.8. The molecule has 3 heterocycles. The number of rotatable bonds is 5. The van der Waals surface area contributed by atoms with E-state index in [-0.39, 0.29) is 5.91 Å². The zero-order chi connectivity index (χ0) is 18.5. The highest BCUT2D eigenvalue weighted by molar-refractivity contribution is 7.99. The second-order valence-corrected chi connectivity index (χ2v) is 7.50. The lowest BCUT2D eigenvalue weighted by Crippen LogP contribution is -2.36. The number of thioether (sulfide) groups is 1. The summed E-state index contributed by atoms with van der Waals surface area (Å²) in [5.41, 5.74) is 2.87. The van der Waals surface area contributed by atoms with E-state index < -0.39 is 0 Å². The van der Waals surface area contributed by atoms with Crippen LogP contribution in [-0.2, 0) is 4.79 Å². The summed E-state index contributed by atoms with van der Waals surface area (Å²) < 4.78 is 1.95. The van der Waals surface area contributed by atoms with Gasteiger partial charge in [0.2, 0.25) is 5.91 Å². The van der Waals surface area contributed by atoms with Crippen molar-refractivity contribution in [3.8, 4) is 16.9 Å². The van der Waals surface area contributed by atoms with Gasteiger partial charge in [0.15, 0.2) is 0 Å². The zero-order valence-electron chi connectivity index (χ0n) is 15.0. The van der Waals surface area contributed by atoms with Crippen LogP contribution in [0, 0.1) is 0 Å². The molecule has 0 bridgehead atoms. The molecule has 7 heteroatoms. The van der Waals surface area contributed by atoms with Crippen LogP contribution in [-0.4, -0.2) is 49.4 Å². The van der Waals surface area contributed by atoms with Gasteiger partial charge in [0.05, 0.1) is 17.8 Å². The molecule has 0 atom stereocenters. The maximum atomic E-state index is 12.2. The number of piperidine rings is 1. The van der Waals surface area contributed by atoms with Gasteiger partial charge in [-0.25, -0.2) is 4.98 Å². The van der Waals surface area contributed by atoms with Crippen LogP contribution < -0.4 is 0 Å². The third kappa shape index (κ3) is 4.36. The van der Waals surface area contributed by atoms with E-state index in [1.165, 1.54) is 18.2 Å². The fourth-order valence-electron chi connectivity index (χ4n) is 3.14. The Bertz CT molecular complexity index is 872. The molecule has 1 saturated heterocycles. The molecule has 0 radical (unpaired) electrons. The molecule has 0 aliphatic carbocycles. The summed E-state index contributed by atoms with van der Waals surface area (Å²) in [7, 11) is 0. The van der Waals surface area contributed by atoms with Crippen molar-refractivity contribution in [2.75, 3.05) is 18.8 Å². The van der Waals surface area contributed by atoms with Crippen LogP contribution in [0.3, 0.4) is 0 Å². The summed E-state index contributed by atoms with van der Waals surface area (Å²) in [6.07, 6.45) is 8.89. The number of aromatic nitrogens is 4. The van der Waals surface area contributed by atoms with Crippen molar-refractivity contribution < 1.29 is 4.79 Å². The number of hydrogen-bond donors (Lipinski definition) is 0. The molecule has 1 aliphatic heterocycles. The molecular weight excluding hydrogens is 358 g/mol. The summed E-state index contributed by atoms with van der Waals surface area (Å²) >= 11 is 1.45. The molecule has 0 unspecified atom stereocenters. The predicted octanol–water partition coefficient (Wildman–Crippen LogP) is 3.43. The highest BCUT2D eigenvalue weighted by atomic mass is 32.2. The third-order valence-electron chi connectivity index (χ3n) is 4.66. The molecule has 4 rings (SSSR count). The van der Waals surface area contributed by atoms with Crippen LogP contribution in [0.5, 0.6) is 0 Å². The maximum absolute atomic E-state index is 12.2. The van der Waals surface area contributed by atoms with Gasteiger partial charge in [-0.3, -0.25) is 4.79 Å². The Balaban J connectivity index is 1.36. The Morgan fingerprint density at radius 2 is 1.81 bits per heavy atom. The van der Waals surface area contributed by atoms with E-state index in [4.69, 9.17) is 0 Å². The summed E-state index contributed by atoms with van der Waals surface area (Å²) in [6.45, 7) is 1.78. The van der Waals surface area contributed by atoms with Crippen LogP contribution in [0.4, 0.5) is 0 Å². The minimum atomic E-state index is 0.195. The Morgan fingerprint density at radius 1 is 1.00 bits per heavy atom. The van der Waals surface area contributed by atoms with Crippen LogP contribution in [0.15, 0.2) is 60.1 Å². The molecule has 2 aromatic heterocycles. The first-order valence-electron chi connectivity index (χ1n) is 9.13. The van der Waals surface area contributed by atoms with Crippen molar-refractivity contribution in [2.45, 2.75) is 24.3 Å². The largest absolute Gasteiger partial charge is 0.342 e. The highest BCUT2D eigenvalue weighted by Gasteiger charge is 2.16. The van der Waals surface area contributed by atoms with E-state index in [1.807, 2.05) is 52.1 Å². The van der Waals surface area contributed by atoms with Crippen molar-refractivity contribution in [1.82, 2.24) is 24.6 Å². The molecule has 1 amide bonds. The van der Waals surface area contributed by atoms with Crippen molar-refractivity contribution in [1.29, 1.82) is 0 Å². The monoisotopic (exact) mass is 379 g/mol. The van der Waals surface area contributed by atoms with Crippen LogP contribution in [0.2, 0.25) is 0 Å². The van der Waals surface area contributed by atoms with E-state index in [1.54, 1.807) is 12.5 Å². The fourth-order valence-corrected chi connectivity index (χ4v) is 3.85. The van der Waals surface area contributed by atoms with Crippen molar-refractivity contribution >= 4 is 17.7 Å². The van der Waals surface area contributed by atoms with E-state index in [0.717, 1.165) is 47.9 Å². The average molecular weight is 379 g/mol. The van der Waals surface area contributed by atoms with Gasteiger partial charge in [0.25, 0.3) is 0 Å². The van der Waals surface area contributed by atoms with Gasteiger partial charge in [0.1, 0.15) is 5.03 Å². The molecule has 3 aromatic rings. The third-order valence-corrected chi connectivity index (χ3v) is 5.56. The van der Waals surface area contributed by atoms with Gasteiger partial charge in [-0.1, -0.05) is 23.9 Å². The van der Waals surface area contributed by atoms with Crippen LogP contribution in [0.25, 0.3) is 16.9 Å². The fraction of sp³-hybridized carbons (Fsp3) is 0.300. The second-order valence-electron chi connectivity index (χ2n) is 6.50. The molecule has 1 fully saturated rings. The van der Waals surface area contributed by atoms with Crippen LogP contribution in [0.1, 0.15) is 19.3 Å². The first kappa shape index (κ1) is 17.7. The summed E-state index contributed by atoms with van der Waals surface area (Å²) in [6, 6.07) is 12.0. The number of benzene rings is 1. The van der Waals surface area contributed by atoms with E-state index >= 15 is 0 Å². The maximum Gasteiger partial charge on any atom is 0.232 e. The second kappa shape index (κ2) is 8.35. The molecular formula is C20H21N5OS. The van der Waals surface area contributed by atoms with E-state index in [0.29, 0.717) is 5.75 Å². The summed E-state index contributed by atoms with van der Waals surface area (Å²) in [5, 5.41) is 9.37. The number of carbonyl (C=O) groups excluding carboxylic acids is 1. The van der Waals surface area contributed by atoms with Gasteiger partial charge < -0.3 is 9.47 Å².